The van der Waals surface area contributed by atoms with Crippen molar-refractivity contribution in [1.29, 1.82) is 0 Å². The summed E-state index contributed by atoms with van der Waals surface area (Å²) < 4.78 is 5.74. The number of nitrogens with one attached hydrogen (secondary N) is 1. The average molecular weight is 383 g/mol. The molecule has 0 saturated carbocycles. The first-order valence-corrected chi connectivity index (χ1v) is 9.77. The summed E-state index contributed by atoms with van der Waals surface area (Å²) in [5.41, 5.74) is 1.33. The van der Waals surface area contributed by atoms with E-state index in [9.17, 15) is 9.59 Å². The molecule has 0 fully saturated rings. The minimum atomic E-state index is -0.334. The van der Waals surface area contributed by atoms with E-state index in [1.807, 2.05) is 39.8 Å². The molecule has 0 aliphatic carbocycles. The van der Waals surface area contributed by atoms with Crippen LogP contribution in [0.3, 0.4) is 0 Å². The lowest BCUT2D eigenvalue weighted by Crippen LogP contribution is -2.32. The summed E-state index contributed by atoms with van der Waals surface area (Å²) in [5, 5.41) is 2.85. The summed E-state index contributed by atoms with van der Waals surface area (Å²) in [4.78, 5) is 31.4. The molecule has 0 aliphatic rings. The van der Waals surface area contributed by atoms with Crippen molar-refractivity contribution in [2.24, 2.45) is 0 Å². The molecule has 6 nitrogen and oxygen atoms in total. The van der Waals surface area contributed by atoms with Crippen molar-refractivity contribution in [2.45, 2.75) is 46.6 Å². The van der Waals surface area contributed by atoms with Gasteiger partial charge in [0.2, 0.25) is 0 Å². The molecule has 0 bridgehead atoms. The quantitative estimate of drug-likeness (QED) is 0.697. The number of para-hydroxylation sites is 2. The standard InChI is InChI=1S/C22H29N3O3/c1-5-11-25(12-6-2)22(27)18-13-17(14-23-15-18)21(26)24-19-9-7-8-10-20(19)28-16(3)4/h7-10,13-16H,5-6,11-12H2,1-4H3,(H,24,26). The Morgan fingerprint density at radius 1 is 1.07 bits per heavy atom. The molecule has 6 heteroatoms. The van der Waals surface area contributed by atoms with E-state index in [0.29, 0.717) is 35.7 Å². The van der Waals surface area contributed by atoms with Gasteiger partial charge in [0.25, 0.3) is 11.8 Å². The Kier molecular flexibility index (Phi) is 7.99. The minimum Gasteiger partial charge on any atom is -0.489 e. The Labute approximate surface area is 166 Å². The van der Waals surface area contributed by atoms with Gasteiger partial charge < -0.3 is 15.0 Å². The number of benzene rings is 1. The van der Waals surface area contributed by atoms with Gasteiger partial charge in [0.1, 0.15) is 5.75 Å². The first-order valence-electron chi connectivity index (χ1n) is 9.77. The summed E-state index contributed by atoms with van der Waals surface area (Å²) in [7, 11) is 0. The van der Waals surface area contributed by atoms with Crippen molar-refractivity contribution in [1.82, 2.24) is 9.88 Å². The smallest absolute Gasteiger partial charge is 0.257 e. The van der Waals surface area contributed by atoms with Gasteiger partial charge in [-0.2, -0.15) is 0 Å². The van der Waals surface area contributed by atoms with Crippen LogP contribution in [0.5, 0.6) is 5.75 Å². The third-order valence-corrected chi connectivity index (χ3v) is 4.02. The number of carbonyl (C=O) groups excluding carboxylic acids is 2. The molecule has 1 heterocycles. The van der Waals surface area contributed by atoms with Crippen LogP contribution in [0, 0.1) is 0 Å². The SMILES string of the molecule is CCCN(CCC)C(=O)c1cncc(C(=O)Nc2ccccc2OC(C)C)c1. The zero-order chi connectivity index (χ0) is 20.5. The summed E-state index contributed by atoms with van der Waals surface area (Å²) in [6.07, 6.45) is 4.72. The molecule has 0 unspecified atom stereocenters. The maximum absolute atomic E-state index is 12.8. The van der Waals surface area contributed by atoms with Crippen LogP contribution >= 0.6 is 0 Å². The van der Waals surface area contributed by atoms with Crippen LogP contribution in [0.2, 0.25) is 0 Å². The Morgan fingerprint density at radius 3 is 2.36 bits per heavy atom. The van der Waals surface area contributed by atoms with Crippen LogP contribution < -0.4 is 10.1 Å². The molecule has 1 aromatic heterocycles. The molecule has 2 amide bonds. The molecule has 1 N–H and O–H groups in total. The zero-order valence-electron chi connectivity index (χ0n) is 17.1. The van der Waals surface area contributed by atoms with E-state index in [1.165, 1.54) is 12.4 Å². The number of pyridine rings is 1. The van der Waals surface area contributed by atoms with Gasteiger partial charge in [-0.1, -0.05) is 26.0 Å². The van der Waals surface area contributed by atoms with Crippen molar-refractivity contribution in [2.75, 3.05) is 18.4 Å². The second-order valence-corrected chi connectivity index (χ2v) is 6.87. The average Bonchev–Trinajstić information content (AvgIpc) is 2.68. The summed E-state index contributed by atoms with van der Waals surface area (Å²) in [6, 6.07) is 8.86. The number of aromatic nitrogens is 1. The number of hydrogen-bond acceptors (Lipinski definition) is 4. The molecule has 0 atom stereocenters. The topological polar surface area (TPSA) is 71.5 Å². The second kappa shape index (κ2) is 10.4. The third-order valence-electron chi connectivity index (χ3n) is 4.02. The van der Waals surface area contributed by atoms with Crippen LogP contribution in [-0.4, -0.2) is 40.9 Å². The number of amides is 2. The molecular weight excluding hydrogens is 354 g/mol. The molecule has 28 heavy (non-hydrogen) atoms. The number of carbonyl (C=O) groups is 2. The van der Waals surface area contributed by atoms with Crippen LogP contribution in [0.25, 0.3) is 0 Å². The lowest BCUT2D eigenvalue weighted by Gasteiger charge is -2.21. The van der Waals surface area contributed by atoms with Gasteiger partial charge in [-0.15, -0.1) is 0 Å². The zero-order valence-corrected chi connectivity index (χ0v) is 17.1. The summed E-state index contributed by atoms with van der Waals surface area (Å²) >= 11 is 0. The molecular formula is C22H29N3O3. The van der Waals surface area contributed by atoms with Crippen molar-refractivity contribution >= 4 is 17.5 Å². The van der Waals surface area contributed by atoms with Crippen LogP contribution in [0.1, 0.15) is 61.3 Å². The van der Waals surface area contributed by atoms with Crippen molar-refractivity contribution < 1.29 is 14.3 Å². The van der Waals surface area contributed by atoms with Gasteiger partial charge in [-0.05, 0) is 44.9 Å². The van der Waals surface area contributed by atoms with Gasteiger partial charge in [-0.3, -0.25) is 14.6 Å². The number of rotatable bonds is 9. The lowest BCUT2D eigenvalue weighted by molar-refractivity contribution is 0.0755. The highest BCUT2D eigenvalue weighted by atomic mass is 16.5. The highest BCUT2D eigenvalue weighted by Crippen LogP contribution is 2.25. The largest absolute Gasteiger partial charge is 0.489 e. The fourth-order valence-electron chi connectivity index (χ4n) is 2.84. The molecule has 0 aliphatic heterocycles. The molecule has 2 aromatic rings. The maximum atomic E-state index is 12.8. The first kappa shape index (κ1) is 21.4. The molecule has 0 saturated heterocycles. The number of anilines is 1. The van der Waals surface area contributed by atoms with Crippen molar-refractivity contribution in [3.63, 3.8) is 0 Å². The van der Waals surface area contributed by atoms with Gasteiger partial charge >= 0.3 is 0 Å². The van der Waals surface area contributed by atoms with E-state index in [0.717, 1.165) is 12.8 Å². The van der Waals surface area contributed by atoms with E-state index in [1.54, 1.807) is 23.1 Å². The molecule has 150 valence electrons. The third kappa shape index (κ3) is 5.81. The predicted molar refractivity (Wildman–Crippen MR) is 111 cm³/mol. The van der Waals surface area contributed by atoms with Crippen molar-refractivity contribution in [3.8, 4) is 5.75 Å². The van der Waals surface area contributed by atoms with E-state index >= 15 is 0 Å². The normalized spacial score (nSPS) is 10.6. The van der Waals surface area contributed by atoms with Crippen LogP contribution in [-0.2, 0) is 0 Å². The van der Waals surface area contributed by atoms with Crippen molar-refractivity contribution in [3.05, 3.63) is 53.9 Å². The molecule has 2 rings (SSSR count). The highest BCUT2D eigenvalue weighted by molar-refractivity contribution is 6.06. The highest BCUT2D eigenvalue weighted by Gasteiger charge is 2.17. The van der Waals surface area contributed by atoms with Gasteiger partial charge in [0.15, 0.2) is 0 Å². The fourth-order valence-corrected chi connectivity index (χ4v) is 2.84. The van der Waals surface area contributed by atoms with E-state index < -0.39 is 0 Å². The predicted octanol–water partition coefficient (Wildman–Crippen LogP) is 4.38. The molecule has 1 aromatic carbocycles. The molecule has 0 spiro atoms. The van der Waals surface area contributed by atoms with E-state index in [-0.39, 0.29) is 17.9 Å². The number of nitrogens with zero attached hydrogens (tertiary/aromatic N) is 2. The van der Waals surface area contributed by atoms with Gasteiger partial charge in [0, 0.05) is 25.5 Å². The second-order valence-electron chi connectivity index (χ2n) is 6.87. The van der Waals surface area contributed by atoms with Gasteiger partial charge in [-0.25, -0.2) is 0 Å². The maximum Gasteiger partial charge on any atom is 0.257 e. The van der Waals surface area contributed by atoms with Crippen LogP contribution in [0.15, 0.2) is 42.7 Å². The Bertz CT molecular complexity index is 799. The summed E-state index contributed by atoms with van der Waals surface area (Å²) in [5.74, 6) is 0.164. The van der Waals surface area contributed by atoms with Gasteiger partial charge in [0.05, 0.1) is 22.9 Å². The Morgan fingerprint density at radius 2 is 1.71 bits per heavy atom. The summed E-state index contributed by atoms with van der Waals surface area (Å²) in [6.45, 7) is 9.29. The van der Waals surface area contributed by atoms with E-state index in [2.05, 4.69) is 10.3 Å². The Hall–Kier alpha value is -2.89. The number of ether oxygens (including phenoxy) is 1. The Balaban J connectivity index is 2.20. The first-order chi connectivity index (χ1) is 13.5. The van der Waals surface area contributed by atoms with Crippen LogP contribution in [0.4, 0.5) is 5.69 Å². The number of hydrogen-bond donors (Lipinski definition) is 1. The lowest BCUT2D eigenvalue weighted by atomic mass is 10.1. The van der Waals surface area contributed by atoms with E-state index in [4.69, 9.17) is 4.74 Å². The molecule has 0 radical (unpaired) electrons. The minimum absolute atomic E-state index is 0.0104. The monoisotopic (exact) mass is 383 g/mol. The fraction of sp³-hybridized carbons (Fsp3) is 0.409.